The number of ether oxygens (including phenoxy) is 1. The number of rotatable bonds is 4. The van der Waals surface area contributed by atoms with Crippen LogP contribution in [-0.4, -0.2) is 29.7 Å². The lowest BCUT2D eigenvalue weighted by Crippen LogP contribution is -2.17. The van der Waals surface area contributed by atoms with Gasteiger partial charge in [0.1, 0.15) is 10.8 Å². The third-order valence-corrected chi connectivity index (χ3v) is 2.81. The van der Waals surface area contributed by atoms with Gasteiger partial charge in [-0.1, -0.05) is 18.3 Å². The molecule has 0 aliphatic carbocycles. The number of pyridine rings is 1. The van der Waals surface area contributed by atoms with Gasteiger partial charge in [-0.2, -0.15) is 0 Å². The molecule has 4 nitrogen and oxygen atoms in total. The van der Waals surface area contributed by atoms with Gasteiger partial charge in [0.25, 0.3) is 0 Å². The molecule has 0 saturated carbocycles. The number of nitrogens with zero attached hydrogens (tertiary/aromatic N) is 1. The molecule has 1 atom stereocenters. The van der Waals surface area contributed by atoms with Crippen molar-refractivity contribution < 1.29 is 4.74 Å². The number of aromatic nitrogens is 1. The normalized spacial score (nSPS) is 19.6. The van der Waals surface area contributed by atoms with Gasteiger partial charge in [-0.05, 0) is 18.6 Å². The Bertz CT molecular complexity index is 377. The SMILES string of the molecule is NC(=S)c1cccc(NCC2CCOC2)n1. The smallest absolute Gasteiger partial charge is 0.126 e. The third-order valence-electron chi connectivity index (χ3n) is 2.60. The van der Waals surface area contributed by atoms with Crippen molar-refractivity contribution >= 4 is 23.0 Å². The van der Waals surface area contributed by atoms with Gasteiger partial charge in [0.2, 0.25) is 0 Å². The van der Waals surface area contributed by atoms with E-state index < -0.39 is 0 Å². The summed E-state index contributed by atoms with van der Waals surface area (Å²) in [5.41, 5.74) is 6.18. The average Bonchev–Trinajstić information content (AvgIpc) is 2.79. The second kappa shape index (κ2) is 5.23. The Morgan fingerprint density at radius 2 is 2.50 bits per heavy atom. The van der Waals surface area contributed by atoms with Crippen LogP contribution < -0.4 is 11.1 Å². The fourth-order valence-electron chi connectivity index (χ4n) is 1.66. The molecule has 3 N–H and O–H groups in total. The van der Waals surface area contributed by atoms with E-state index in [0.29, 0.717) is 16.6 Å². The Morgan fingerprint density at radius 3 is 3.19 bits per heavy atom. The first kappa shape index (κ1) is 11.3. The first-order valence-corrected chi connectivity index (χ1v) is 5.75. The monoisotopic (exact) mass is 237 g/mol. The fraction of sp³-hybridized carbons (Fsp3) is 0.455. The predicted octanol–water partition coefficient (Wildman–Crippen LogP) is 1.16. The zero-order valence-corrected chi connectivity index (χ0v) is 9.80. The Hall–Kier alpha value is -1.20. The summed E-state index contributed by atoms with van der Waals surface area (Å²) in [7, 11) is 0. The molecule has 0 aromatic carbocycles. The number of nitrogens with one attached hydrogen (secondary N) is 1. The molecular formula is C11H15N3OS. The predicted molar refractivity (Wildman–Crippen MR) is 67.5 cm³/mol. The van der Waals surface area contributed by atoms with Crippen LogP contribution in [0.2, 0.25) is 0 Å². The standard InChI is InChI=1S/C11H15N3OS/c12-11(16)9-2-1-3-10(14-9)13-6-8-4-5-15-7-8/h1-3,8H,4-7H2,(H2,12,16)(H,13,14). The van der Waals surface area contributed by atoms with Crippen molar-refractivity contribution in [3.8, 4) is 0 Å². The van der Waals surface area contributed by atoms with Crippen molar-refractivity contribution in [1.82, 2.24) is 4.98 Å². The molecule has 0 radical (unpaired) electrons. The van der Waals surface area contributed by atoms with Gasteiger partial charge in [-0.3, -0.25) is 0 Å². The van der Waals surface area contributed by atoms with Crippen LogP contribution in [0.4, 0.5) is 5.82 Å². The van der Waals surface area contributed by atoms with E-state index in [1.54, 1.807) is 0 Å². The molecule has 2 heterocycles. The maximum Gasteiger partial charge on any atom is 0.126 e. The Balaban J connectivity index is 1.93. The van der Waals surface area contributed by atoms with E-state index in [-0.39, 0.29) is 0 Å². The molecule has 0 amide bonds. The van der Waals surface area contributed by atoms with Crippen LogP contribution in [0.25, 0.3) is 0 Å². The molecule has 1 aromatic heterocycles. The van der Waals surface area contributed by atoms with Crippen molar-refractivity contribution in [2.75, 3.05) is 25.1 Å². The molecule has 0 bridgehead atoms. The molecule has 1 unspecified atom stereocenters. The van der Waals surface area contributed by atoms with Crippen LogP contribution in [0.1, 0.15) is 12.1 Å². The molecule has 1 aliphatic heterocycles. The van der Waals surface area contributed by atoms with Crippen LogP contribution in [0, 0.1) is 5.92 Å². The summed E-state index contributed by atoms with van der Waals surface area (Å²) in [4.78, 5) is 4.64. The Morgan fingerprint density at radius 1 is 1.62 bits per heavy atom. The number of anilines is 1. The highest BCUT2D eigenvalue weighted by atomic mass is 32.1. The first-order chi connectivity index (χ1) is 7.75. The van der Waals surface area contributed by atoms with Gasteiger partial charge in [0.15, 0.2) is 0 Å². The van der Waals surface area contributed by atoms with Gasteiger partial charge in [-0.15, -0.1) is 0 Å². The zero-order chi connectivity index (χ0) is 11.4. The van der Waals surface area contributed by atoms with E-state index in [1.807, 2.05) is 18.2 Å². The summed E-state index contributed by atoms with van der Waals surface area (Å²) in [6, 6.07) is 5.62. The molecule has 1 fully saturated rings. The zero-order valence-electron chi connectivity index (χ0n) is 8.98. The molecule has 1 saturated heterocycles. The third kappa shape index (κ3) is 2.90. The molecule has 0 spiro atoms. The topological polar surface area (TPSA) is 60.2 Å². The lowest BCUT2D eigenvalue weighted by atomic mass is 10.1. The largest absolute Gasteiger partial charge is 0.388 e. The van der Waals surface area contributed by atoms with Crippen molar-refractivity contribution in [3.05, 3.63) is 23.9 Å². The van der Waals surface area contributed by atoms with Gasteiger partial charge < -0.3 is 15.8 Å². The summed E-state index contributed by atoms with van der Waals surface area (Å²) >= 11 is 4.88. The number of hydrogen-bond acceptors (Lipinski definition) is 4. The number of hydrogen-bond donors (Lipinski definition) is 2. The van der Waals surface area contributed by atoms with E-state index in [9.17, 15) is 0 Å². The second-order valence-electron chi connectivity index (χ2n) is 3.88. The summed E-state index contributed by atoms with van der Waals surface area (Å²) < 4.78 is 5.31. The van der Waals surface area contributed by atoms with Gasteiger partial charge in [0, 0.05) is 19.1 Å². The Kier molecular flexibility index (Phi) is 3.69. The summed E-state index contributed by atoms with van der Waals surface area (Å²) in [5, 5.41) is 3.28. The van der Waals surface area contributed by atoms with E-state index in [2.05, 4.69) is 10.3 Å². The summed E-state index contributed by atoms with van der Waals surface area (Å²) in [5.74, 6) is 1.40. The molecule has 1 aliphatic rings. The average molecular weight is 237 g/mol. The number of nitrogens with two attached hydrogens (primary N) is 1. The highest BCUT2D eigenvalue weighted by Crippen LogP contribution is 2.13. The minimum absolute atomic E-state index is 0.327. The van der Waals surface area contributed by atoms with Crippen LogP contribution >= 0.6 is 12.2 Å². The van der Waals surface area contributed by atoms with Crippen molar-refractivity contribution in [2.45, 2.75) is 6.42 Å². The van der Waals surface area contributed by atoms with Crippen molar-refractivity contribution in [2.24, 2.45) is 11.7 Å². The molecule has 16 heavy (non-hydrogen) atoms. The van der Waals surface area contributed by atoms with E-state index in [4.69, 9.17) is 22.7 Å². The fourth-order valence-corrected chi connectivity index (χ4v) is 1.78. The highest BCUT2D eigenvalue weighted by Gasteiger charge is 2.15. The van der Waals surface area contributed by atoms with Crippen molar-refractivity contribution in [3.63, 3.8) is 0 Å². The Labute approximate surface area is 100 Å². The quantitative estimate of drug-likeness (QED) is 0.770. The highest BCUT2D eigenvalue weighted by molar-refractivity contribution is 7.80. The molecule has 1 aromatic rings. The van der Waals surface area contributed by atoms with Crippen LogP contribution in [0.3, 0.4) is 0 Å². The molecule has 86 valence electrons. The van der Waals surface area contributed by atoms with Crippen LogP contribution in [-0.2, 0) is 4.74 Å². The van der Waals surface area contributed by atoms with Gasteiger partial charge in [-0.25, -0.2) is 4.98 Å². The van der Waals surface area contributed by atoms with Gasteiger partial charge in [0.05, 0.1) is 12.3 Å². The first-order valence-electron chi connectivity index (χ1n) is 5.34. The van der Waals surface area contributed by atoms with Crippen molar-refractivity contribution in [1.29, 1.82) is 0 Å². The lowest BCUT2D eigenvalue weighted by molar-refractivity contribution is 0.187. The summed E-state index contributed by atoms with van der Waals surface area (Å²) in [6.45, 7) is 2.59. The van der Waals surface area contributed by atoms with Crippen LogP contribution in [0.5, 0.6) is 0 Å². The maximum atomic E-state index is 5.52. The minimum Gasteiger partial charge on any atom is -0.388 e. The van der Waals surface area contributed by atoms with E-state index in [0.717, 1.165) is 32.0 Å². The molecular weight excluding hydrogens is 222 g/mol. The molecule has 2 rings (SSSR count). The second-order valence-corrected chi connectivity index (χ2v) is 4.32. The van der Waals surface area contributed by atoms with Crippen LogP contribution in [0.15, 0.2) is 18.2 Å². The maximum absolute atomic E-state index is 5.52. The van der Waals surface area contributed by atoms with E-state index in [1.165, 1.54) is 0 Å². The van der Waals surface area contributed by atoms with E-state index >= 15 is 0 Å². The molecule has 5 heteroatoms. The minimum atomic E-state index is 0.327. The number of thiocarbonyl (C=S) groups is 1. The lowest BCUT2D eigenvalue weighted by Gasteiger charge is -2.10. The summed E-state index contributed by atoms with van der Waals surface area (Å²) in [6.07, 6.45) is 1.11. The van der Waals surface area contributed by atoms with Gasteiger partial charge >= 0.3 is 0 Å².